The number of rotatable bonds is 13. The Morgan fingerprint density at radius 2 is 1.81 bits per heavy atom. The topological polar surface area (TPSA) is 60.0 Å². The van der Waals surface area contributed by atoms with Gasteiger partial charge in [-0.05, 0) is 13.3 Å². The summed E-state index contributed by atoms with van der Waals surface area (Å²) in [6.07, 6.45) is 0.928. The molecule has 0 heterocycles. The van der Waals surface area contributed by atoms with Crippen LogP contribution in [0.2, 0.25) is 0 Å². The maximum atomic E-state index is 12.1. The van der Waals surface area contributed by atoms with Crippen LogP contribution in [0.15, 0.2) is 0 Å². The van der Waals surface area contributed by atoms with Crippen LogP contribution in [0.4, 0.5) is 0 Å². The van der Waals surface area contributed by atoms with E-state index in [-0.39, 0.29) is 18.1 Å². The molecule has 0 aliphatic carbocycles. The molecule has 126 valence electrons. The normalized spacial score (nSPS) is 12.9. The number of esters is 1. The van der Waals surface area contributed by atoms with E-state index in [0.29, 0.717) is 26.4 Å². The Kier molecular flexibility index (Phi) is 12.6. The van der Waals surface area contributed by atoms with Crippen LogP contribution in [0.1, 0.15) is 27.2 Å². The third kappa shape index (κ3) is 10.6. The minimum Gasteiger partial charge on any atom is -0.465 e. The fourth-order valence-electron chi connectivity index (χ4n) is 2.05. The highest BCUT2D eigenvalue weighted by Crippen LogP contribution is 2.00. The maximum Gasteiger partial charge on any atom is 0.324 e. The zero-order valence-electron chi connectivity index (χ0n) is 14.2. The molecule has 6 nitrogen and oxygen atoms in total. The van der Waals surface area contributed by atoms with Crippen LogP contribution in [0, 0.1) is 0 Å². The van der Waals surface area contributed by atoms with E-state index in [9.17, 15) is 4.79 Å². The Bertz CT molecular complexity index is 262. The molecule has 21 heavy (non-hydrogen) atoms. The van der Waals surface area contributed by atoms with Gasteiger partial charge in [0.1, 0.15) is 6.04 Å². The summed E-state index contributed by atoms with van der Waals surface area (Å²) in [5.41, 5.74) is 0. The number of nitrogens with one attached hydrogen (secondary N) is 1. The van der Waals surface area contributed by atoms with Gasteiger partial charge in [-0.15, -0.1) is 0 Å². The summed E-state index contributed by atoms with van der Waals surface area (Å²) in [7, 11) is 3.38. The molecule has 0 aliphatic rings. The van der Waals surface area contributed by atoms with Crippen LogP contribution in [0.25, 0.3) is 0 Å². The molecule has 0 aromatic rings. The molecule has 0 aromatic heterocycles. The van der Waals surface area contributed by atoms with Gasteiger partial charge in [0.05, 0.1) is 13.2 Å². The zero-order chi connectivity index (χ0) is 16.1. The molecule has 0 radical (unpaired) electrons. The molecule has 0 saturated heterocycles. The average molecular weight is 304 g/mol. The number of methoxy groups -OCH3 is 2. The molecule has 1 N–H and O–H groups in total. The highest BCUT2D eigenvalue weighted by molar-refractivity contribution is 5.76. The van der Waals surface area contributed by atoms with Crippen molar-refractivity contribution in [2.24, 2.45) is 0 Å². The van der Waals surface area contributed by atoms with Crippen molar-refractivity contribution in [2.45, 2.75) is 39.3 Å². The Labute approximate surface area is 129 Å². The van der Waals surface area contributed by atoms with Crippen molar-refractivity contribution in [3.05, 3.63) is 0 Å². The number of carbonyl (C=O) groups excluding carboxylic acids is 1. The van der Waals surface area contributed by atoms with Gasteiger partial charge in [0.25, 0.3) is 0 Å². The summed E-state index contributed by atoms with van der Waals surface area (Å²) in [5, 5.41) is 3.27. The largest absolute Gasteiger partial charge is 0.465 e. The fraction of sp³-hybridized carbons (Fsp3) is 0.933. The highest BCUT2D eigenvalue weighted by atomic mass is 16.5. The minimum absolute atomic E-state index is 0.194. The van der Waals surface area contributed by atoms with E-state index in [2.05, 4.69) is 10.2 Å². The number of ether oxygens (including phenoxy) is 3. The van der Waals surface area contributed by atoms with Crippen molar-refractivity contribution < 1.29 is 19.0 Å². The van der Waals surface area contributed by atoms with Crippen molar-refractivity contribution in [1.82, 2.24) is 10.2 Å². The summed E-state index contributed by atoms with van der Waals surface area (Å²) in [4.78, 5) is 14.3. The van der Waals surface area contributed by atoms with Crippen LogP contribution in [0.5, 0.6) is 0 Å². The SMILES string of the molecule is CCOC(=O)C(CN(CCCOC)CCOC)NC(C)C. The number of hydrogen-bond donors (Lipinski definition) is 1. The van der Waals surface area contributed by atoms with Crippen molar-refractivity contribution >= 4 is 5.97 Å². The van der Waals surface area contributed by atoms with E-state index in [1.807, 2.05) is 20.8 Å². The smallest absolute Gasteiger partial charge is 0.324 e. The van der Waals surface area contributed by atoms with E-state index in [4.69, 9.17) is 14.2 Å². The maximum absolute atomic E-state index is 12.1. The van der Waals surface area contributed by atoms with Crippen molar-refractivity contribution in [3.63, 3.8) is 0 Å². The van der Waals surface area contributed by atoms with Gasteiger partial charge >= 0.3 is 5.97 Å². The quantitative estimate of drug-likeness (QED) is 0.403. The van der Waals surface area contributed by atoms with Crippen LogP contribution >= 0.6 is 0 Å². The van der Waals surface area contributed by atoms with Gasteiger partial charge in [0.15, 0.2) is 0 Å². The van der Waals surface area contributed by atoms with Crippen molar-refractivity contribution in [2.75, 3.05) is 53.7 Å². The third-order valence-corrected chi connectivity index (χ3v) is 2.98. The van der Waals surface area contributed by atoms with E-state index in [0.717, 1.165) is 19.5 Å². The first kappa shape index (κ1) is 20.3. The van der Waals surface area contributed by atoms with E-state index < -0.39 is 0 Å². The lowest BCUT2D eigenvalue weighted by Crippen LogP contribution is -2.50. The summed E-state index contributed by atoms with van der Waals surface area (Å²) >= 11 is 0. The zero-order valence-corrected chi connectivity index (χ0v) is 14.2. The predicted molar refractivity (Wildman–Crippen MR) is 83.5 cm³/mol. The van der Waals surface area contributed by atoms with Gasteiger partial charge in [-0.3, -0.25) is 9.69 Å². The van der Waals surface area contributed by atoms with Crippen LogP contribution in [-0.2, 0) is 19.0 Å². The lowest BCUT2D eigenvalue weighted by Gasteiger charge is -2.28. The second-order valence-electron chi connectivity index (χ2n) is 5.27. The summed E-state index contributed by atoms with van der Waals surface area (Å²) in [5.74, 6) is -0.194. The highest BCUT2D eigenvalue weighted by Gasteiger charge is 2.23. The second-order valence-corrected chi connectivity index (χ2v) is 5.27. The molecule has 6 heteroatoms. The molecule has 1 unspecified atom stereocenters. The average Bonchev–Trinajstić information content (AvgIpc) is 2.43. The predicted octanol–water partition coefficient (Wildman–Crippen LogP) is 0.901. The first-order valence-electron chi connectivity index (χ1n) is 7.68. The molecule has 0 bridgehead atoms. The lowest BCUT2D eigenvalue weighted by molar-refractivity contribution is -0.146. The Hall–Kier alpha value is -0.690. The summed E-state index contributed by atoms with van der Waals surface area (Å²) < 4.78 is 15.4. The second kappa shape index (κ2) is 13.0. The minimum atomic E-state index is -0.315. The van der Waals surface area contributed by atoms with E-state index >= 15 is 0 Å². The molecule has 0 spiro atoms. The van der Waals surface area contributed by atoms with Gasteiger partial charge in [0.2, 0.25) is 0 Å². The molecule has 0 rings (SSSR count). The molecule has 1 atom stereocenters. The lowest BCUT2D eigenvalue weighted by atomic mass is 10.2. The molecule has 0 saturated carbocycles. The standard InChI is InChI=1S/C15H32N2O4/c1-6-21-15(18)14(16-13(2)3)12-17(9-11-20-5)8-7-10-19-4/h13-14,16H,6-12H2,1-5H3. The Morgan fingerprint density at radius 3 is 2.33 bits per heavy atom. The van der Waals surface area contributed by atoms with Crippen LogP contribution in [-0.4, -0.2) is 76.6 Å². The number of carbonyl (C=O) groups is 1. The fourth-order valence-corrected chi connectivity index (χ4v) is 2.05. The molecular weight excluding hydrogens is 272 g/mol. The summed E-state index contributed by atoms with van der Waals surface area (Å²) in [6, 6.07) is -0.0907. The molecule has 0 aromatic carbocycles. The van der Waals surface area contributed by atoms with Gasteiger partial charge in [-0.1, -0.05) is 13.8 Å². The Balaban J connectivity index is 4.54. The summed E-state index contributed by atoms with van der Waals surface area (Å²) in [6.45, 7) is 9.90. The van der Waals surface area contributed by atoms with Gasteiger partial charge in [-0.2, -0.15) is 0 Å². The van der Waals surface area contributed by atoms with Crippen molar-refractivity contribution in [1.29, 1.82) is 0 Å². The molecular formula is C15H32N2O4. The Morgan fingerprint density at radius 1 is 1.14 bits per heavy atom. The first-order valence-corrected chi connectivity index (χ1v) is 7.68. The van der Waals surface area contributed by atoms with Crippen molar-refractivity contribution in [3.8, 4) is 0 Å². The van der Waals surface area contributed by atoms with Gasteiger partial charge < -0.3 is 19.5 Å². The van der Waals surface area contributed by atoms with Crippen LogP contribution in [0.3, 0.4) is 0 Å². The molecule has 0 amide bonds. The van der Waals surface area contributed by atoms with Gasteiger partial charge in [0, 0.05) is 46.5 Å². The third-order valence-electron chi connectivity index (χ3n) is 2.98. The number of nitrogens with zero attached hydrogens (tertiary/aromatic N) is 1. The van der Waals surface area contributed by atoms with Gasteiger partial charge in [-0.25, -0.2) is 0 Å². The molecule has 0 fully saturated rings. The van der Waals surface area contributed by atoms with E-state index in [1.165, 1.54) is 0 Å². The molecule has 0 aliphatic heterocycles. The first-order chi connectivity index (χ1) is 10.0. The monoisotopic (exact) mass is 304 g/mol. The van der Waals surface area contributed by atoms with E-state index in [1.54, 1.807) is 14.2 Å². The number of hydrogen-bond acceptors (Lipinski definition) is 6. The van der Waals surface area contributed by atoms with Crippen LogP contribution < -0.4 is 5.32 Å².